The number of carbonyl (C=O) groups is 2. The van der Waals surface area contributed by atoms with Crippen LogP contribution in [0.3, 0.4) is 0 Å². The monoisotopic (exact) mass is 406 g/mol. The highest BCUT2D eigenvalue weighted by Gasteiger charge is 2.24. The highest BCUT2D eigenvalue weighted by Crippen LogP contribution is 2.22. The van der Waals surface area contributed by atoms with Gasteiger partial charge >= 0.3 is 5.97 Å². The fourth-order valence-corrected chi connectivity index (χ4v) is 3.15. The second-order valence-corrected chi connectivity index (χ2v) is 7.10. The number of aryl methyl sites for hydroxylation is 1. The van der Waals surface area contributed by atoms with Crippen molar-refractivity contribution in [1.29, 1.82) is 0 Å². The smallest absolute Gasteiger partial charge is 0.361 e. The van der Waals surface area contributed by atoms with E-state index in [1.807, 2.05) is 60.7 Å². The minimum atomic E-state index is -0.943. The number of esters is 1. The van der Waals surface area contributed by atoms with Gasteiger partial charge in [-0.2, -0.15) is 0 Å². The Hall–Kier alpha value is -3.41. The highest BCUT2D eigenvalue weighted by atomic mass is 16.5. The molecule has 3 aromatic rings. The first-order valence-corrected chi connectivity index (χ1v) is 10.1. The van der Waals surface area contributed by atoms with Gasteiger partial charge in [-0.05, 0) is 38.0 Å². The molecule has 0 aliphatic carbocycles. The third-order valence-electron chi connectivity index (χ3n) is 4.95. The molecule has 1 amide bonds. The standard InChI is InChI=1S/C24H26N2O4/c1-4-18(19-11-7-5-8-12-19)15-25-22(27)17(3)30-24(28)21-16(2)29-23(26-21)20-13-9-6-10-14-20/h5-14,17-18H,4,15H2,1-3H3,(H,25,27)/t17-,18+/m0/s1. The van der Waals surface area contributed by atoms with Crippen LogP contribution in [-0.2, 0) is 9.53 Å². The van der Waals surface area contributed by atoms with Gasteiger partial charge in [-0.25, -0.2) is 9.78 Å². The van der Waals surface area contributed by atoms with E-state index in [4.69, 9.17) is 9.15 Å². The first kappa shape index (κ1) is 21.3. The Labute approximate surface area is 176 Å². The molecular weight excluding hydrogens is 380 g/mol. The van der Waals surface area contributed by atoms with Crippen molar-refractivity contribution >= 4 is 11.9 Å². The second-order valence-electron chi connectivity index (χ2n) is 7.10. The molecule has 6 heteroatoms. The van der Waals surface area contributed by atoms with Crippen molar-refractivity contribution in [2.75, 3.05) is 6.54 Å². The van der Waals surface area contributed by atoms with Crippen LogP contribution in [0.15, 0.2) is 65.1 Å². The summed E-state index contributed by atoms with van der Waals surface area (Å²) in [7, 11) is 0. The molecule has 0 bridgehead atoms. The van der Waals surface area contributed by atoms with E-state index in [-0.39, 0.29) is 17.5 Å². The summed E-state index contributed by atoms with van der Waals surface area (Å²) in [6.45, 7) is 5.74. The van der Waals surface area contributed by atoms with Crippen molar-refractivity contribution < 1.29 is 18.7 Å². The largest absolute Gasteiger partial charge is 0.448 e. The molecule has 2 atom stereocenters. The minimum Gasteiger partial charge on any atom is -0.448 e. The normalized spacial score (nSPS) is 12.8. The van der Waals surface area contributed by atoms with E-state index < -0.39 is 12.1 Å². The Morgan fingerprint density at radius 2 is 1.70 bits per heavy atom. The van der Waals surface area contributed by atoms with Gasteiger partial charge in [0.15, 0.2) is 11.8 Å². The van der Waals surface area contributed by atoms with Crippen molar-refractivity contribution in [3.05, 3.63) is 77.7 Å². The lowest BCUT2D eigenvalue weighted by molar-refractivity contribution is -0.129. The van der Waals surface area contributed by atoms with Gasteiger partial charge in [-0.15, -0.1) is 0 Å². The number of amides is 1. The SMILES string of the molecule is CC[C@H](CNC(=O)[C@H](C)OC(=O)c1nc(-c2ccccc2)oc1C)c1ccccc1. The van der Waals surface area contributed by atoms with Crippen molar-refractivity contribution in [1.82, 2.24) is 10.3 Å². The van der Waals surface area contributed by atoms with Gasteiger partial charge in [0, 0.05) is 18.0 Å². The first-order valence-electron chi connectivity index (χ1n) is 10.1. The Balaban J connectivity index is 1.59. The Kier molecular flexibility index (Phi) is 7.01. The van der Waals surface area contributed by atoms with Gasteiger partial charge < -0.3 is 14.5 Å². The number of hydrogen-bond donors (Lipinski definition) is 1. The van der Waals surface area contributed by atoms with Crippen LogP contribution in [0, 0.1) is 6.92 Å². The fraction of sp³-hybridized carbons (Fsp3) is 0.292. The lowest BCUT2D eigenvalue weighted by atomic mass is 9.96. The van der Waals surface area contributed by atoms with Gasteiger partial charge in [-0.3, -0.25) is 4.79 Å². The van der Waals surface area contributed by atoms with Gasteiger partial charge in [0.05, 0.1) is 0 Å². The van der Waals surface area contributed by atoms with Crippen LogP contribution in [0.5, 0.6) is 0 Å². The molecule has 1 heterocycles. The molecule has 0 fully saturated rings. The summed E-state index contributed by atoms with van der Waals surface area (Å²) in [5.74, 6) is -0.144. The molecular formula is C24H26N2O4. The number of benzene rings is 2. The third kappa shape index (κ3) is 5.14. The number of nitrogens with zero attached hydrogens (tertiary/aromatic N) is 1. The van der Waals surface area contributed by atoms with Crippen LogP contribution >= 0.6 is 0 Å². The summed E-state index contributed by atoms with van der Waals surface area (Å²) in [5.41, 5.74) is 2.00. The summed E-state index contributed by atoms with van der Waals surface area (Å²) >= 11 is 0. The van der Waals surface area contributed by atoms with Gasteiger partial charge in [0.1, 0.15) is 5.76 Å². The molecule has 0 aliphatic rings. The van der Waals surface area contributed by atoms with Crippen LogP contribution in [0.1, 0.15) is 48.0 Å². The first-order chi connectivity index (χ1) is 14.5. The van der Waals surface area contributed by atoms with Crippen molar-refractivity contribution in [3.8, 4) is 11.5 Å². The minimum absolute atomic E-state index is 0.0734. The van der Waals surface area contributed by atoms with E-state index in [9.17, 15) is 9.59 Å². The lowest BCUT2D eigenvalue weighted by Gasteiger charge is -2.18. The van der Waals surface area contributed by atoms with Crippen LogP contribution in [0.25, 0.3) is 11.5 Å². The fourth-order valence-electron chi connectivity index (χ4n) is 3.15. The molecule has 0 aliphatic heterocycles. The maximum Gasteiger partial charge on any atom is 0.361 e. The predicted molar refractivity (Wildman–Crippen MR) is 114 cm³/mol. The molecule has 1 N–H and O–H groups in total. The number of ether oxygens (including phenoxy) is 1. The molecule has 0 unspecified atom stereocenters. The van der Waals surface area contributed by atoms with E-state index in [1.54, 1.807) is 13.8 Å². The molecule has 0 spiro atoms. The van der Waals surface area contributed by atoms with Crippen LogP contribution < -0.4 is 5.32 Å². The molecule has 6 nitrogen and oxygen atoms in total. The van der Waals surface area contributed by atoms with E-state index in [0.29, 0.717) is 18.2 Å². The topological polar surface area (TPSA) is 81.4 Å². The summed E-state index contributed by atoms with van der Waals surface area (Å²) in [5, 5.41) is 2.87. The molecule has 0 radical (unpaired) electrons. The van der Waals surface area contributed by atoms with Gasteiger partial charge in [-0.1, -0.05) is 55.5 Å². The molecule has 3 rings (SSSR count). The number of oxazole rings is 1. The number of hydrogen-bond acceptors (Lipinski definition) is 5. The molecule has 0 saturated heterocycles. The van der Waals surface area contributed by atoms with E-state index >= 15 is 0 Å². The zero-order chi connectivity index (χ0) is 21.5. The van der Waals surface area contributed by atoms with E-state index in [1.165, 1.54) is 0 Å². The van der Waals surface area contributed by atoms with Gasteiger partial charge in [0.25, 0.3) is 5.91 Å². The second kappa shape index (κ2) is 9.87. The van der Waals surface area contributed by atoms with Crippen LogP contribution in [0.4, 0.5) is 0 Å². The maximum atomic E-state index is 12.5. The number of rotatable bonds is 8. The molecule has 0 saturated carbocycles. The van der Waals surface area contributed by atoms with E-state index in [2.05, 4.69) is 17.2 Å². The number of carbonyl (C=O) groups excluding carboxylic acids is 2. The van der Waals surface area contributed by atoms with Crippen LogP contribution in [0.2, 0.25) is 0 Å². The average Bonchev–Trinajstić information content (AvgIpc) is 3.17. The Morgan fingerprint density at radius 3 is 2.33 bits per heavy atom. The van der Waals surface area contributed by atoms with Crippen LogP contribution in [-0.4, -0.2) is 29.5 Å². The maximum absolute atomic E-state index is 12.5. The Bertz CT molecular complexity index is 983. The molecule has 156 valence electrons. The summed E-state index contributed by atoms with van der Waals surface area (Å²) in [4.78, 5) is 29.2. The van der Waals surface area contributed by atoms with Crippen molar-refractivity contribution in [2.45, 2.75) is 39.2 Å². The Morgan fingerprint density at radius 1 is 1.07 bits per heavy atom. The summed E-state index contributed by atoms with van der Waals surface area (Å²) < 4.78 is 10.9. The summed E-state index contributed by atoms with van der Waals surface area (Å²) in [6, 6.07) is 19.3. The lowest BCUT2D eigenvalue weighted by Crippen LogP contribution is -2.38. The van der Waals surface area contributed by atoms with E-state index in [0.717, 1.165) is 17.5 Å². The quantitative estimate of drug-likeness (QED) is 0.557. The van der Waals surface area contributed by atoms with Gasteiger partial charge in [0.2, 0.25) is 5.89 Å². The predicted octanol–water partition coefficient (Wildman–Crippen LogP) is 4.51. The van der Waals surface area contributed by atoms with Crippen molar-refractivity contribution in [3.63, 3.8) is 0 Å². The zero-order valence-corrected chi connectivity index (χ0v) is 17.4. The third-order valence-corrected chi connectivity index (χ3v) is 4.95. The highest BCUT2D eigenvalue weighted by molar-refractivity contribution is 5.91. The number of nitrogens with one attached hydrogen (secondary N) is 1. The zero-order valence-electron chi connectivity index (χ0n) is 17.4. The van der Waals surface area contributed by atoms with Crippen molar-refractivity contribution in [2.24, 2.45) is 0 Å². The number of aromatic nitrogens is 1. The molecule has 30 heavy (non-hydrogen) atoms. The molecule has 1 aromatic heterocycles. The summed E-state index contributed by atoms with van der Waals surface area (Å²) in [6.07, 6.45) is -0.0548. The molecule has 2 aromatic carbocycles. The average molecular weight is 406 g/mol.